The van der Waals surface area contributed by atoms with Gasteiger partial charge in [0.05, 0.1) is 17.5 Å². The Hall–Kier alpha value is -4.47. The summed E-state index contributed by atoms with van der Waals surface area (Å²) in [5, 5.41) is 10.2. The highest BCUT2D eigenvalue weighted by molar-refractivity contribution is 7.17. The number of piperazine rings is 1. The fourth-order valence-electron chi connectivity index (χ4n) is 5.10. The minimum absolute atomic E-state index is 0.116. The number of carbonyl (C=O) groups excluding carboxylic acids is 1. The summed E-state index contributed by atoms with van der Waals surface area (Å²) in [4.78, 5) is 33.5. The molecule has 226 valence electrons. The van der Waals surface area contributed by atoms with Crippen LogP contribution in [0.3, 0.4) is 0 Å². The number of amides is 1. The number of hydrogen-bond acceptors (Lipinski definition) is 11. The van der Waals surface area contributed by atoms with E-state index in [9.17, 15) is 14.0 Å². The van der Waals surface area contributed by atoms with Gasteiger partial charge in [-0.25, -0.2) is 4.39 Å². The zero-order valence-electron chi connectivity index (χ0n) is 23.6. The Morgan fingerprint density at radius 2 is 2.00 bits per heavy atom. The molecule has 0 radical (unpaired) electrons. The van der Waals surface area contributed by atoms with Crippen LogP contribution in [0, 0.1) is 5.82 Å². The molecule has 1 saturated heterocycles. The molecule has 6 rings (SSSR count). The number of furan rings is 1. The number of carbonyl (C=O) groups is 1. The zero-order chi connectivity index (χ0) is 29.9. The lowest BCUT2D eigenvalue weighted by molar-refractivity contribution is -0.123. The maximum Gasteiger partial charge on any atom is 0.309 e. The van der Waals surface area contributed by atoms with Crippen molar-refractivity contribution in [3.05, 3.63) is 58.1 Å². The van der Waals surface area contributed by atoms with E-state index in [1.807, 2.05) is 17.0 Å². The van der Waals surface area contributed by atoms with Gasteiger partial charge in [0.25, 0.3) is 5.91 Å². The minimum atomic E-state index is -0.400. The second-order valence-electron chi connectivity index (χ2n) is 10.1. The quantitative estimate of drug-likeness (QED) is 0.189. The van der Waals surface area contributed by atoms with Crippen LogP contribution in [0.1, 0.15) is 0 Å². The van der Waals surface area contributed by atoms with Crippen LogP contribution >= 0.6 is 11.3 Å². The standard InChI is InChI=1S/C28H32FN9O4S/c1-31-6-7-32-24(39)17-42-18-4-5-21(19(29)15-18)36-11-8-35(9-12-36)10-13-37-26-25(43-28(37)40)22-16-20(23-3-2-14-41-23)34-38(22)27(30)33-26/h2-5,14-16,31H,6-13,17H2,1H3,(H2,30,33)(H,32,39). The lowest BCUT2D eigenvalue weighted by Crippen LogP contribution is -2.47. The fourth-order valence-corrected chi connectivity index (χ4v) is 6.06. The molecular weight excluding hydrogens is 577 g/mol. The number of aromatic nitrogens is 4. The van der Waals surface area contributed by atoms with Crippen molar-refractivity contribution < 1.29 is 18.3 Å². The molecule has 1 aromatic carbocycles. The molecule has 1 amide bonds. The van der Waals surface area contributed by atoms with Crippen molar-refractivity contribution in [2.75, 3.05) is 70.1 Å². The third-order valence-corrected chi connectivity index (χ3v) is 8.35. The van der Waals surface area contributed by atoms with Gasteiger partial charge in [-0.2, -0.15) is 14.6 Å². The van der Waals surface area contributed by atoms with Crippen molar-refractivity contribution >= 4 is 44.7 Å². The molecule has 1 fully saturated rings. The molecule has 0 bridgehead atoms. The molecule has 13 nitrogen and oxygen atoms in total. The first kappa shape index (κ1) is 28.6. The van der Waals surface area contributed by atoms with Crippen molar-refractivity contribution in [1.29, 1.82) is 0 Å². The van der Waals surface area contributed by atoms with Crippen LogP contribution in [0.25, 0.3) is 27.3 Å². The maximum absolute atomic E-state index is 14.9. The second-order valence-corrected chi connectivity index (χ2v) is 11.1. The van der Waals surface area contributed by atoms with E-state index in [1.54, 1.807) is 36.1 Å². The van der Waals surface area contributed by atoms with E-state index in [0.29, 0.717) is 91.1 Å². The first-order valence-electron chi connectivity index (χ1n) is 13.9. The molecule has 4 N–H and O–H groups in total. The van der Waals surface area contributed by atoms with Gasteiger partial charge in [0.1, 0.15) is 22.0 Å². The first-order chi connectivity index (χ1) is 20.9. The molecule has 15 heteroatoms. The maximum atomic E-state index is 14.9. The van der Waals surface area contributed by atoms with Crippen molar-refractivity contribution in [2.24, 2.45) is 0 Å². The fraction of sp³-hybridized carbons (Fsp3) is 0.357. The van der Waals surface area contributed by atoms with Crippen molar-refractivity contribution in [3.8, 4) is 17.2 Å². The number of nitrogens with two attached hydrogens (primary N) is 1. The van der Waals surface area contributed by atoms with Gasteiger partial charge < -0.3 is 30.4 Å². The summed E-state index contributed by atoms with van der Waals surface area (Å²) < 4.78 is 29.8. The van der Waals surface area contributed by atoms with E-state index in [4.69, 9.17) is 14.9 Å². The van der Waals surface area contributed by atoms with Gasteiger partial charge >= 0.3 is 4.87 Å². The van der Waals surface area contributed by atoms with E-state index >= 15 is 0 Å². The molecule has 5 aromatic rings. The smallest absolute Gasteiger partial charge is 0.309 e. The topological polar surface area (TPSA) is 148 Å². The average molecular weight is 610 g/mol. The molecule has 0 atom stereocenters. The summed E-state index contributed by atoms with van der Waals surface area (Å²) in [5.74, 6) is 0.431. The van der Waals surface area contributed by atoms with Gasteiger partial charge in [-0.15, -0.1) is 0 Å². The Morgan fingerprint density at radius 3 is 2.74 bits per heavy atom. The number of likely N-dealkylation sites (N-methyl/N-ethyl adjacent to an activating group) is 1. The monoisotopic (exact) mass is 609 g/mol. The Morgan fingerprint density at radius 1 is 1.16 bits per heavy atom. The molecule has 1 aliphatic rings. The number of thiazole rings is 1. The number of anilines is 2. The lowest BCUT2D eigenvalue weighted by Gasteiger charge is -2.36. The molecule has 5 heterocycles. The molecule has 0 unspecified atom stereocenters. The summed E-state index contributed by atoms with van der Waals surface area (Å²) in [6.07, 6.45) is 1.57. The molecule has 0 aliphatic carbocycles. The van der Waals surface area contributed by atoms with E-state index in [2.05, 4.69) is 25.6 Å². The van der Waals surface area contributed by atoms with Crippen LogP contribution < -0.4 is 30.9 Å². The van der Waals surface area contributed by atoms with Crippen LogP contribution in [0.15, 0.2) is 51.9 Å². The highest BCUT2D eigenvalue weighted by Gasteiger charge is 2.22. The van der Waals surface area contributed by atoms with E-state index in [0.717, 1.165) is 11.3 Å². The molecule has 0 spiro atoms. The third kappa shape index (κ3) is 6.04. The van der Waals surface area contributed by atoms with Crippen LogP contribution in [0.4, 0.5) is 16.0 Å². The van der Waals surface area contributed by atoms with Gasteiger partial charge in [0.2, 0.25) is 5.95 Å². The van der Waals surface area contributed by atoms with Crippen LogP contribution in [-0.4, -0.2) is 89.4 Å². The molecule has 4 aromatic heterocycles. The van der Waals surface area contributed by atoms with Crippen LogP contribution in [0.2, 0.25) is 0 Å². The summed E-state index contributed by atoms with van der Waals surface area (Å²) in [6, 6.07) is 10.1. The minimum Gasteiger partial charge on any atom is -0.484 e. The highest BCUT2D eigenvalue weighted by atomic mass is 32.1. The zero-order valence-corrected chi connectivity index (χ0v) is 24.4. The third-order valence-electron chi connectivity index (χ3n) is 7.36. The normalized spacial score (nSPS) is 14.1. The average Bonchev–Trinajstić information content (AvgIpc) is 3.75. The Bertz CT molecular complexity index is 1790. The van der Waals surface area contributed by atoms with Crippen molar-refractivity contribution in [1.82, 2.24) is 34.7 Å². The molecule has 43 heavy (non-hydrogen) atoms. The van der Waals surface area contributed by atoms with E-state index in [1.165, 1.54) is 10.6 Å². The second kappa shape index (κ2) is 12.4. The highest BCUT2D eigenvalue weighted by Crippen LogP contribution is 2.29. The lowest BCUT2D eigenvalue weighted by atomic mass is 10.2. The van der Waals surface area contributed by atoms with Gasteiger partial charge in [0, 0.05) is 58.4 Å². The van der Waals surface area contributed by atoms with Crippen LogP contribution in [-0.2, 0) is 11.3 Å². The molecule has 0 saturated carbocycles. The number of rotatable bonds is 11. The van der Waals surface area contributed by atoms with Crippen molar-refractivity contribution in [2.45, 2.75) is 6.54 Å². The Balaban J connectivity index is 1.06. The van der Waals surface area contributed by atoms with Gasteiger partial charge in [0.15, 0.2) is 18.0 Å². The van der Waals surface area contributed by atoms with Crippen molar-refractivity contribution in [3.63, 3.8) is 0 Å². The predicted octanol–water partition coefficient (Wildman–Crippen LogP) is 1.62. The molecule has 1 aliphatic heterocycles. The SMILES string of the molecule is CNCCNC(=O)COc1ccc(N2CCN(CCn3c(=O)sc4c3nc(N)n3nc(-c5ccco5)cc43)CC2)c(F)c1. The first-order valence-corrected chi connectivity index (χ1v) is 14.8. The summed E-state index contributed by atoms with van der Waals surface area (Å²) in [7, 11) is 1.80. The number of nitrogens with one attached hydrogen (secondary N) is 2. The van der Waals surface area contributed by atoms with E-state index < -0.39 is 5.82 Å². The number of nitrogens with zero attached hydrogens (tertiary/aromatic N) is 6. The largest absolute Gasteiger partial charge is 0.484 e. The number of nitrogen functional groups attached to an aromatic ring is 1. The number of ether oxygens (including phenoxy) is 1. The van der Waals surface area contributed by atoms with E-state index in [-0.39, 0.29) is 23.3 Å². The van der Waals surface area contributed by atoms with Gasteiger partial charge in [-0.3, -0.25) is 19.1 Å². The number of hydrogen-bond donors (Lipinski definition) is 3. The Kier molecular flexibility index (Phi) is 8.26. The van der Waals surface area contributed by atoms with Gasteiger partial charge in [-0.1, -0.05) is 11.3 Å². The van der Waals surface area contributed by atoms with Gasteiger partial charge in [-0.05, 0) is 37.4 Å². The van der Waals surface area contributed by atoms with Crippen LogP contribution in [0.5, 0.6) is 5.75 Å². The number of fused-ring (bicyclic) bond motifs is 3. The Labute approximate surface area is 249 Å². The predicted molar refractivity (Wildman–Crippen MR) is 162 cm³/mol. The number of halogens is 1. The molecular formula is C28H32FN9O4S. The number of benzene rings is 1. The summed E-state index contributed by atoms with van der Waals surface area (Å²) in [6.45, 7) is 4.72. The summed E-state index contributed by atoms with van der Waals surface area (Å²) in [5.41, 5.74) is 8.56. The summed E-state index contributed by atoms with van der Waals surface area (Å²) >= 11 is 1.12.